The second-order valence-corrected chi connectivity index (χ2v) is 10.8. The second-order valence-electron chi connectivity index (χ2n) is 9.52. The van der Waals surface area contributed by atoms with Crippen LogP contribution in [0.2, 0.25) is 5.02 Å². The number of benzene rings is 4. The lowest BCUT2D eigenvalue weighted by molar-refractivity contribution is 0.306. The predicted octanol–water partition coefficient (Wildman–Crippen LogP) is 9.26. The number of anilines is 1. The minimum Gasteiger partial charge on any atom is -0.487 e. The summed E-state index contributed by atoms with van der Waals surface area (Å²) in [6.45, 7) is 0.464. The molecular weight excluding hydrogens is 544 g/mol. The zero-order valence-electron chi connectivity index (χ0n) is 20.1. The van der Waals surface area contributed by atoms with Crippen molar-refractivity contribution < 1.29 is 4.74 Å². The number of allylic oxidation sites excluding steroid dienone is 2. The molecule has 0 spiro atoms. The normalized spacial score (nSPS) is 19.9. The molecule has 5 heteroatoms. The van der Waals surface area contributed by atoms with Crippen molar-refractivity contribution in [2.24, 2.45) is 10.9 Å². The maximum absolute atomic E-state index is 6.48. The van der Waals surface area contributed by atoms with Crippen molar-refractivity contribution >= 4 is 45.1 Å². The third-order valence-corrected chi connectivity index (χ3v) is 7.97. The summed E-state index contributed by atoms with van der Waals surface area (Å²) >= 11 is 9.93. The Labute approximate surface area is 231 Å². The van der Waals surface area contributed by atoms with Crippen molar-refractivity contribution in [2.45, 2.75) is 25.0 Å². The molecule has 0 radical (unpaired) electrons. The maximum atomic E-state index is 6.48. The summed E-state index contributed by atoms with van der Waals surface area (Å²) in [5.41, 5.74) is 6.86. The minimum atomic E-state index is 0.289. The number of hydrogen-bond donors (Lipinski definition) is 1. The highest BCUT2D eigenvalue weighted by atomic mass is 79.9. The molecule has 4 aromatic carbocycles. The Balaban J connectivity index is 1.12. The van der Waals surface area contributed by atoms with Crippen LogP contribution < -0.4 is 10.1 Å². The molecule has 0 saturated heterocycles. The van der Waals surface area contributed by atoms with E-state index in [0.29, 0.717) is 29.2 Å². The van der Waals surface area contributed by atoms with Crippen molar-refractivity contribution in [1.29, 1.82) is 0 Å². The van der Waals surface area contributed by atoms with Crippen LogP contribution in [0.3, 0.4) is 0 Å². The Morgan fingerprint density at radius 1 is 0.973 bits per heavy atom. The molecule has 1 heterocycles. The molecule has 2 aliphatic rings. The molecule has 6 rings (SSSR count). The monoisotopic (exact) mass is 568 g/mol. The first-order valence-corrected chi connectivity index (χ1v) is 13.6. The van der Waals surface area contributed by atoms with E-state index in [-0.39, 0.29) is 6.04 Å². The van der Waals surface area contributed by atoms with Gasteiger partial charge in [-0.1, -0.05) is 82.1 Å². The van der Waals surface area contributed by atoms with Gasteiger partial charge in [0.25, 0.3) is 0 Å². The lowest BCUT2D eigenvalue weighted by Crippen LogP contribution is -2.28. The highest BCUT2D eigenvalue weighted by Crippen LogP contribution is 2.49. The van der Waals surface area contributed by atoms with Gasteiger partial charge >= 0.3 is 0 Å². The fourth-order valence-corrected chi connectivity index (χ4v) is 5.75. The van der Waals surface area contributed by atoms with E-state index in [9.17, 15) is 0 Å². The van der Waals surface area contributed by atoms with Crippen LogP contribution in [-0.2, 0) is 6.61 Å². The predicted molar refractivity (Wildman–Crippen MR) is 156 cm³/mol. The largest absolute Gasteiger partial charge is 0.487 e. The average molecular weight is 570 g/mol. The quantitative estimate of drug-likeness (QED) is 0.185. The summed E-state index contributed by atoms with van der Waals surface area (Å²) < 4.78 is 6.95. The van der Waals surface area contributed by atoms with Crippen LogP contribution in [0.1, 0.15) is 40.6 Å². The van der Waals surface area contributed by atoms with Gasteiger partial charge in [-0.25, -0.2) is 0 Å². The molecule has 1 aliphatic carbocycles. The van der Waals surface area contributed by atoms with Gasteiger partial charge in [0.1, 0.15) is 12.4 Å². The van der Waals surface area contributed by atoms with Crippen molar-refractivity contribution in [1.82, 2.24) is 0 Å². The van der Waals surface area contributed by atoms with Crippen LogP contribution in [0.4, 0.5) is 11.4 Å². The summed E-state index contributed by atoms with van der Waals surface area (Å²) in [4.78, 5) is 4.68. The summed E-state index contributed by atoms with van der Waals surface area (Å²) in [6, 6.07) is 31.3. The first-order valence-electron chi connectivity index (χ1n) is 12.5. The molecule has 0 unspecified atom stereocenters. The molecule has 37 heavy (non-hydrogen) atoms. The highest BCUT2D eigenvalue weighted by molar-refractivity contribution is 9.10. The molecule has 1 aliphatic heterocycles. The lowest BCUT2D eigenvalue weighted by Gasteiger charge is -2.37. The number of rotatable bonds is 6. The molecule has 3 nitrogen and oxygen atoms in total. The van der Waals surface area contributed by atoms with E-state index in [4.69, 9.17) is 16.3 Å². The Hall–Kier alpha value is -3.34. The molecule has 4 aromatic rings. The van der Waals surface area contributed by atoms with E-state index in [1.807, 2.05) is 48.7 Å². The summed E-state index contributed by atoms with van der Waals surface area (Å²) in [5, 5.41) is 4.36. The van der Waals surface area contributed by atoms with Gasteiger partial charge in [0.15, 0.2) is 0 Å². The molecular formula is C32H26BrClN2O. The average Bonchev–Trinajstić information content (AvgIpc) is 3.43. The topological polar surface area (TPSA) is 33.6 Å². The van der Waals surface area contributed by atoms with Crippen LogP contribution in [0.5, 0.6) is 5.75 Å². The number of nitrogens with zero attached hydrogens (tertiary/aromatic N) is 1. The Kier molecular flexibility index (Phi) is 6.86. The Bertz CT molecular complexity index is 1460. The summed E-state index contributed by atoms with van der Waals surface area (Å²) in [5.74, 6) is 1.68. The number of para-hydroxylation sites is 1. The fraction of sp³-hybridized carbons (Fsp3) is 0.156. The van der Waals surface area contributed by atoms with Gasteiger partial charge < -0.3 is 10.1 Å². The third kappa shape index (κ3) is 5.22. The first-order chi connectivity index (χ1) is 18.1. The van der Waals surface area contributed by atoms with Crippen molar-refractivity contribution in [3.63, 3.8) is 0 Å². The standard InChI is InChI=1S/C32H26BrClN2O/c33-24-13-8-21(9-14-24)20-37-31-17-10-22(18-29(31)34)19-35-25-15-11-23(12-16-25)32-28-6-3-5-26(28)27-4-1-2-7-30(27)36-32/h1-5,7-19,26,28,32,36H,6,20H2/t26-,28+,32-/m0/s1. The van der Waals surface area contributed by atoms with Gasteiger partial charge in [0, 0.05) is 22.3 Å². The Morgan fingerprint density at radius 2 is 1.78 bits per heavy atom. The van der Waals surface area contributed by atoms with E-state index < -0.39 is 0 Å². The summed E-state index contributed by atoms with van der Waals surface area (Å²) in [6.07, 6.45) is 7.64. The van der Waals surface area contributed by atoms with Crippen LogP contribution in [-0.4, -0.2) is 6.21 Å². The van der Waals surface area contributed by atoms with E-state index >= 15 is 0 Å². The molecule has 3 atom stereocenters. The van der Waals surface area contributed by atoms with Crippen LogP contribution in [0.15, 0.2) is 113 Å². The Morgan fingerprint density at radius 3 is 2.59 bits per heavy atom. The number of ether oxygens (including phenoxy) is 1. The summed E-state index contributed by atoms with van der Waals surface area (Å²) in [7, 11) is 0. The van der Waals surface area contributed by atoms with E-state index in [0.717, 1.165) is 27.7 Å². The zero-order chi connectivity index (χ0) is 25.2. The number of nitrogens with one attached hydrogen (secondary N) is 1. The van der Waals surface area contributed by atoms with E-state index in [2.05, 4.69) is 86.9 Å². The van der Waals surface area contributed by atoms with Gasteiger partial charge in [-0.3, -0.25) is 4.99 Å². The van der Waals surface area contributed by atoms with Gasteiger partial charge in [0.05, 0.1) is 16.8 Å². The van der Waals surface area contributed by atoms with Crippen LogP contribution in [0, 0.1) is 5.92 Å². The molecule has 0 bridgehead atoms. The van der Waals surface area contributed by atoms with Gasteiger partial charge in [0.2, 0.25) is 0 Å². The first kappa shape index (κ1) is 24.0. The van der Waals surface area contributed by atoms with Crippen LogP contribution >= 0.6 is 27.5 Å². The number of halogens is 2. The molecule has 0 aromatic heterocycles. The third-order valence-electron chi connectivity index (χ3n) is 7.15. The SMILES string of the molecule is Clc1cc(C=Nc2ccc([C@@H]3Nc4ccccc4[C@@H]4C=CC[C@H]43)cc2)ccc1OCc1ccc(Br)cc1. The van der Waals surface area contributed by atoms with Gasteiger partial charge in [-0.2, -0.15) is 0 Å². The molecule has 184 valence electrons. The number of fused-ring (bicyclic) bond motifs is 3. The van der Waals surface area contributed by atoms with E-state index in [1.54, 1.807) is 0 Å². The number of aliphatic imine (C=N–C) groups is 1. The number of hydrogen-bond acceptors (Lipinski definition) is 3. The van der Waals surface area contributed by atoms with Gasteiger partial charge in [-0.05, 0) is 83.1 Å². The van der Waals surface area contributed by atoms with Crippen LogP contribution in [0.25, 0.3) is 0 Å². The van der Waals surface area contributed by atoms with Gasteiger partial charge in [-0.15, -0.1) is 0 Å². The zero-order valence-corrected chi connectivity index (χ0v) is 22.5. The molecule has 0 fully saturated rings. The molecule has 0 saturated carbocycles. The van der Waals surface area contributed by atoms with Crippen molar-refractivity contribution in [2.75, 3.05) is 5.32 Å². The fourth-order valence-electron chi connectivity index (χ4n) is 5.25. The minimum absolute atomic E-state index is 0.289. The smallest absolute Gasteiger partial charge is 0.138 e. The molecule has 1 N–H and O–H groups in total. The van der Waals surface area contributed by atoms with Crippen molar-refractivity contribution in [3.05, 3.63) is 135 Å². The lowest BCUT2D eigenvalue weighted by atomic mass is 9.77. The highest BCUT2D eigenvalue weighted by Gasteiger charge is 2.37. The van der Waals surface area contributed by atoms with E-state index in [1.165, 1.54) is 16.8 Å². The van der Waals surface area contributed by atoms with Crippen molar-refractivity contribution in [3.8, 4) is 5.75 Å². The molecule has 0 amide bonds. The second kappa shape index (κ2) is 10.6. The maximum Gasteiger partial charge on any atom is 0.138 e.